The van der Waals surface area contributed by atoms with Crippen molar-refractivity contribution in [3.63, 3.8) is 0 Å². The number of rotatable bonds is 4. The van der Waals surface area contributed by atoms with E-state index >= 15 is 0 Å². The summed E-state index contributed by atoms with van der Waals surface area (Å²) in [5.41, 5.74) is 8.95. The van der Waals surface area contributed by atoms with E-state index in [9.17, 15) is 4.79 Å². The zero-order valence-corrected chi connectivity index (χ0v) is 15.3. The average molecular weight is 333 g/mol. The monoisotopic (exact) mass is 333 g/mol. The molecular formula is C16H23N5OS. The molecule has 0 radical (unpaired) electrons. The lowest BCUT2D eigenvalue weighted by Crippen LogP contribution is -2.32. The third-order valence-electron chi connectivity index (χ3n) is 4.08. The number of carbonyl (C=O) groups is 1. The number of nitrogen functional groups attached to an aromatic ring is 1. The molecule has 1 amide bonds. The number of carbonyl (C=O) groups excluding carboxylic acids is 1. The summed E-state index contributed by atoms with van der Waals surface area (Å²) < 4.78 is 0. The molecule has 2 N–H and O–H groups in total. The Hall–Kier alpha value is -2.02. The van der Waals surface area contributed by atoms with Crippen molar-refractivity contribution in [3.05, 3.63) is 32.5 Å². The first-order valence-corrected chi connectivity index (χ1v) is 8.31. The number of anilines is 1. The van der Waals surface area contributed by atoms with Crippen LogP contribution in [0.4, 0.5) is 5.95 Å². The number of hydrogen-bond donors (Lipinski definition) is 1. The van der Waals surface area contributed by atoms with E-state index < -0.39 is 0 Å². The highest BCUT2D eigenvalue weighted by molar-refractivity contribution is 7.11. The van der Waals surface area contributed by atoms with Gasteiger partial charge in [0.05, 0.1) is 23.2 Å². The second kappa shape index (κ2) is 6.62. The molecule has 0 saturated heterocycles. The first-order chi connectivity index (χ1) is 10.7. The van der Waals surface area contributed by atoms with E-state index in [2.05, 4.69) is 15.0 Å². The molecule has 2 aromatic rings. The number of hydrogen-bond acceptors (Lipinski definition) is 6. The van der Waals surface area contributed by atoms with Crippen LogP contribution in [-0.4, -0.2) is 32.8 Å². The molecular weight excluding hydrogens is 310 g/mol. The number of amides is 1. The Morgan fingerprint density at radius 3 is 2.22 bits per heavy atom. The quantitative estimate of drug-likeness (QED) is 0.929. The maximum absolute atomic E-state index is 12.6. The molecule has 0 aliphatic rings. The van der Waals surface area contributed by atoms with Crippen molar-refractivity contribution >= 4 is 23.2 Å². The van der Waals surface area contributed by atoms with Gasteiger partial charge in [-0.3, -0.25) is 4.79 Å². The highest BCUT2D eigenvalue weighted by Gasteiger charge is 2.23. The van der Waals surface area contributed by atoms with E-state index in [0.717, 1.165) is 32.5 Å². The molecule has 0 bridgehead atoms. The minimum Gasteiger partial charge on any atom is -0.368 e. The smallest absolute Gasteiger partial charge is 0.227 e. The van der Waals surface area contributed by atoms with Crippen LogP contribution in [0, 0.1) is 27.7 Å². The zero-order chi connectivity index (χ0) is 17.3. The summed E-state index contributed by atoms with van der Waals surface area (Å²) in [6.45, 7) is 9.72. The first-order valence-electron chi connectivity index (χ1n) is 7.49. The van der Waals surface area contributed by atoms with E-state index in [1.807, 2.05) is 41.7 Å². The Morgan fingerprint density at radius 2 is 1.74 bits per heavy atom. The fraction of sp³-hybridized carbons (Fsp3) is 0.500. The largest absolute Gasteiger partial charge is 0.368 e. The molecule has 0 aliphatic carbocycles. The molecule has 124 valence electrons. The number of nitrogens with two attached hydrogens (primary N) is 1. The zero-order valence-electron chi connectivity index (χ0n) is 14.5. The van der Waals surface area contributed by atoms with Crippen LogP contribution in [0.25, 0.3) is 0 Å². The van der Waals surface area contributed by atoms with Crippen LogP contribution >= 0.6 is 11.3 Å². The SMILES string of the molecule is Cc1nc([C@H](C)N(C)C(=O)Cc2c(C)nc(N)nc2C)c(C)s1. The molecule has 0 aliphatic heterocycles. The lowest BCUT2D eigenvalue weighted by molar-refractivity contribution is -0.131. The number of likely N-dealkylation sites (N-methyl/N-ethyl adjacent to an activating group) is 1. The van der Waals surface area contributed by atoms with Crippen LogP contribution in [0.15, 0.2) is 0 Å². The molecule has 23 heavy (non-hydrogen) atoms. The maximum atomic E-state index is 12.6. The van der Waals surface area contributed by atoms with Gasteiger partial charge in [0.1, 0.15) is 0 Å². The first kappa shape index (κ1) is 17.3. The van der Waals surface area contributed by atoms with Crippen LogP contribution in [-0.2, 0) is 11.2 Å². The summed E-state index contributed by atoms with van der Waals surface area (Å²) >= 11 is 1.65. The summed E-state index contributed by atoms with van der Waals surface area (Å²) in [6.07, 6.45) is 0.265. The van der Waals surface area contributed by atoms with Crippen molar-refractivity contribution in [3.8, 4) is 0 Å². The van der Waals surface area contributed by atoms with Gasteiger partial charge in [0.25, 0.3) is 0 Å². The highest BCUT2D eigenvalue weighted by atomic mass is 32.1. The minimum absolute atomic E-state index is 0.0159. The molecule has 2 rings (SSSR count). The second-order valence-electron chi connectivity index (χ2n) is 5.76. The molecule has 2 aromatic heterocycles. The third-order valence-corrected chi connectivity index (χ3v) is 4.98. The molecule has 1 atom stereocenters. The van der Waals surface area contributed by atoms with Crippen LogP contribution in [0.5, 0.6) is 0 Å². The Bertz CT molecular complexity index is 717. The Kier molecular flexibility index (Phi) is 4.99. The predicted molar refractivity (Wildman–Crippen MR) is 92.4 cm³/mol. The molecule has 0 aromatic carbocycles. The van der Waals surface area contributed by atoms with Gasteiger partial charge >= 0.3 is 0 Å². The summed E-state index contributed by atoms with van der Waals surface area (Å²) in [5, 5.41) is 1.02. The van der Waals surface area contributed by atoms with Gasteiger partial charge in [0.2, 0.25) is 11.9 Å². The van der Waals surface area contributed by atoms with Crippen molar-refractivity contribution in [2.75, 3.05) is 12.8 Å². The van der Waals surface area contributed by atoms with Gasteiger partial charge in [-0.15, -0.1) is 11.3 Å². The molecule has 0 unspecified atom stereocenters. The van der Waals surface area contributed by atoms with Gasteiger partial charge in [-0.2, -0.15) is 0 Å². The van der Waals surface area contributed by atoms with Crippen LogP contribution < -0.4 is 5.73 Å². The molecule has 6 nitrogen and oxygen atoms in total. The fourth-order valence-corrected chi connectivity index (χ4v) is 3.54. The van der Waals surface area contributed by atoms with Gasteiger partial charge in [0.15, 0.2) is 0 Å². The minimum atomic E-state index is -0.0669. The lowest BCUT2D eigenvalue weighted by Gasteiger charge is -2.25. The van der Waals surface area contributed by atoms with Gasteiger partial charge < -0.3 is 10.6 Å². The van der Waals surface area contributed by atoms with Crippen LogP contribution in [0.3, 0.4) is 0 Å². The summed E-state index contributed by atoms with van der Waals surface area (Å²) in [6, 6.07) is -0.0669. The maximum Gasteiger partial charge on any atom is 0.227 e. The van der Waals surface area contributed by atoms with Crippen LogP contribution in [0.1, 0.15) is 45.5 Å². The number of aryl methyl sites for hydroxylation is 4. The van der Waals surface area contributed by atoms with Gasteiger partial charge in [0, 0.05) is 28.9 Å². The van der Waals surface area contributed by atoms with E-state index in [4.69, 9.17) is 5.73 Å². The van der Waals surface area contributed by atoms with Crippen molar-refractivity contribution in [1.82, 2.24) is 19.9 Å². The van der Waals surface area contributed by atoms with Crippen molar-refractivity contribution in [1.29, 1.82) is 0 Å². The number of nitrogens with zero attached hydrogens (tertiary/aromatic N) is 4. The Morgan fingerprint density at radius 1 is 1.17 bits per heavy atom. The van der Waals surface area contributed by atoms with Crippen LogP contribution in [0.2, 0.25) is 0 Å². The predicted octanol–water partition coefficient (Wildman–Crippen LogP) is 2.51. The summed E-state index contributed by atoms with van der Waals surface area (Å²) in [4.78, 5) is 28.4. The summed E-state index contributed by atoms with van der Waals surface area (Å²) in [7, 11) is 1.81. The molecule has 0 spiro atoms. The normalized spacial score (nSPS) is 12.3. The number of aromatic nitrogens is 3. The van der Waals surface area contributed by atoms with E-state index in [1.165, 1.54) is 0 Å². The highest BCUT2D eigenvalue weighted by Crippen LogP contribution is 2.26. The average Bonchev–Trinajstić information content (AvgIpc) is 2.79. The molecule has 0 saturated carbocycles. The standard InChI is InChI=1S/C16H23N5OS/c1-8-13(9(2)19-16(17)18-8)7-14(22)21(6)10(3)15-11(4)23-12(5)20-15/h10H,7H2,1-6H3,(H2,17,18,19)/t10-/m0/s1. The second-order valence-corrected chi connectivity index (χ2v) is 7.17. The topological polar surface area (TPSA) is 85.0 Å². The lowest BCUT2D eigenvalue weighted by atomic mass is 10.1. The fourth-order valence-electron chi connectivity index (χ4n) is 2.63. The van der Waals surface area contributed by atoms with E-state index in [0.29, 0.717) is 0 Å². The molecule has 2 heterocycles. The van der Waals surface area contributed by atoms with Crippen molar-refractivity contribution in [2.45, 2.75) is 47.1 Å². The Balaban J connectivity index is 2.19. The van der Waals surface area contributed by atoms with Crippen molar-refractivity contribution < 1.29 is 4.79 Å². The van der Waals surface area contributed by atoms with E-state index in [1.54, 1.807) is 16.2 Å². The molecule has 7 heteroatoms. The third kappa shape index (κ3) is 3.67. The molecule has 0 fully saturated rings. The van der Waals surface area contributed by atoms with Gasteiger partial charge in [-0.25, -0.2) is 15.0 Å². The van der Waals surface area contributed by atoms with E-state index in [-0.39, 0.29) is 24.3 Å². The van der Waals surface area contributed by atoms with Gasteiger partial charge in [-0.05, 0) is 34.6 Å². The van der Waals surface area contributed by atoms with Gasteiger partial charge in [-0.1, -0.05) is 0 Å². The Labute approximate surface area is 140 Å². The number of thiazole rings is 1. The van der Waals surface area contributed by atoms with Crippen molar-refractivity contribution in [2.24, 2.45) is 0 Å². The summed E-state index contributed by atoms with van der Waals surface area (Å²) in [5.74, 6) is 0.258.